The Morgan fingerprint density at radius 3 is 3.00 bits per heavy atom. The van der Waals surface area contributed by atoms with Crippen LogP contribution in [0.5, 0.6) is 5.75 Å². The van der Waals surface area contributed by atoms with Gasteiger partial charge in [-0.3, -0.25) is 9.69 Å². The van der Waals surface area contributed by atoms with E-state index in [1.54, 1.807) is 6.07 Å². The lowest BCUT2D eigenvalue weighted by atomic mass is 9.59. The highest BCUT2D eigenvalue weighted by Gasteiger charge is 2.48. The van der Waals surface area contributed by atoms with Gasteiger partial charge in [-0.05, 0) is 73.9 Å². The summed E-state index contributed by atoms with van der Waals surface area (Å²) >= 11 is 0. The summed E-state index contributed by atoms with van der Waals surface area (Å²) in [5.41, 5.74) is 2.83. The number of hydrogen-bond acceptors (Lipinski definition) is 4. The number of fused-ring (bicyclic) bond motifs is 4. The quantitative estimate of drug-likeness (QED) is 0.842. The van der Waals surface area contributed by atoms with Crippen LogP contribution >= 0.6 is 0 Å². The van der Waals surface area contributed by atoms with Gasteiger partial charge in [0.25, 0.3) is 0 Å². The molecule has 1 saturated heterocycles. The van der Waals surface area contributed by atoms with E-state index in [0.29, 0.717) is 30.7 Å². The zero-order valence-corrected chi connectivity index (χ0v) is 15.0. The fourth-order valence-corrected chi connectivity index (χ4v) is 4.63. The van der Waals surface area contributed by atoms with E-state index < -0.39 is 0 Å². The van der Waals surface area contributed by atoms with Crippen LogP contribution in [-0.4, -0.2) is 41.7 Å². The number of phenolic OH excluding ortho intramolecular Hbond substituents is 1. The van der Waals surface area contributed by atoms with Crippen molar-refractivity contribution >= 4 is 5.97 Å². The lowest BCUT2D eigenvalue weighted by Gasteiger charge is -2.54. The minimum atomic E-state index is -0.0862. The molecule has 1 aliphatic heterocycles. The predicted octanol–water partition coefficient (Wildman–Crippen LogP) is 3.26. The fourth-order valence-electron chi connectivity index (χ4n) is 4.63. The first-order valence-electron chi connectivity index (χ1n) is 9.17. The van der Waals surface area contributed by atoms with Crippen molar-refractivity contribution < 1.29 is 14.6 Å². The number of likely N-dealkylation sites (tertiary alicyclic amines) is 1. The van der Waals surface area contributed by atoms with Gasteiger partial charge >= 0.3 is 5.97 Å². The Morgan fingerprint density at radius 1 is 1.46 bits per heavy atom. The van der Waals surface area contributed by atoms with Crippen LogP contribution in [0.15, 0.2) is 18.2 Å². The first-order valence-corrected chi connectivity index (χ1v) is 9.17. The number of nitrogens with zero attached hydrogens (tertiary/aromatic N) is 1. The summed E-state index contributed by atoms with van der Waals surface area (Å²) in [6, 6.07) is 6.38. The van der Waals surface area contributed by atoms with E-state index in [9.17, 15) is 9.90 Å². The van der Waals surface area contributed by atoms with E-state index in [2.05, 4.69) is 24.8 Å². The smallest absolute Gasteiger partial charge is 0.305 e. The summed E-state index contributed by atoms with van der Waals surface area (Å²) in [6.45, 7) is 9.01. The third kappa shape index (κ3) is 3.04. The average Bonchev–Trinajstić information content (AvgIpc) is 2.54. The summed E-state index contributed by atoms with van der Waals surface area (Å²) in [7, 11) is 0. The summed E-state index contributed by atoms with van der Waals surface area (Å²) in [5, 5.41) is 9.90. The first-order chi connectivity index (χ1) is 11.5. The maximum absolute atomic E-state index is 11.5. The Bertz CT molecular complexity index is 615. The number of rotatable bonds is 5. The Morgan fingerprint density at radius 2 is 2.25 bits per heavy atom. The monoisotopic (exact) mass is 331 g/mol. The normalized spacial score (nSPS) is 29.1. The Labute approximate surface area is 144 Å². The average molecular weight is 331 g/mol. The zero-order chi connectivity index (χ0) is 17.3. The van der Waals surface area contributed by atoms with Crippen LogP contribution in [0.3, 0.4) is 0 Å². The number of piperidine rings is 1. The molecule has 1 heterocycles. The molecule has 1 fully saturated rings. The molecule has 0 saturated carbocycles. The van der Waals surface area contributed by atoms with Crippen LogP contribution < -0.4 is 0 Å². The van der Waals surface area contributed by atoms with Crippen molar-refractivity contribution in [3.8, 4) is 5.75 Å². The summed E-state index contributed by atoms with van der Waals surface area (Å²) in [4.78, 5) is 14.1. The van der Waals surface area contributed by atoms with Crippen molar-refractivity contribution in [1.29, 1.82) is 0 Å². The van der Waals surface area contributed by atoms with Crippen LogP contribution in [-0.2, 0) is 21.4 Å². The molecule has 1 aliphatic carbocycles. The molecule has 1 aromatic rings. The number of ether oxygens (including phenoxy) is 1. The van der Waals surface area contributed by atoms with Gasteiger partial charge in [-0.15, -0.1) is 0 Å². The number of carbonyl (C=O) groups is 1. The molecule has 0 radical (unpaired) electrons. The first kappa shape index (κ1) is 17.3. The van der Waals surface area contributed by atoms with E-state index in [1.165, 1.54) is 11.1 Å². The maximum atomic E-state index is 11.5. The zero-order valence-electron chi connectivity index (χ0n) is 15.0. The second-order valence-electron chi connectivity index (χ2n) is 7.51. The van der Waals surface area contributed by atoms with Gasteiger partial charge in [0.1, 0.15) is 5.75 Å². The van der Waals surface area contributed by atoms with Crippen molar-refractivity contribution in [2.75, 3.05) is 19.7 Å². The number of benzene rings is 1. The van der Waals surface area contributed by atoms with E-state index in [4.69, 9.17) is 4.74 Å². The van der Waals surface area contributed by atoms with E-state index in [1.807, 2.05) is 13.0 Å². The number of carbonyl (C=O) groups excluding carboxylic acids is 1. The molecule has 1 unspecified atom stereocenters. The molecular weight excluding hydrogens is 302 g/mol. The van der Waals surface area contributed by atoms with Gasteiger partial charge < -0.3 is 9.84 Å². The van der Waals surface area contributed by atoms with Crippen molar-refractivity contribution in [1.82, 2.24) is 4.90 Å². The fraction of sp³-hybridized carbons (Fsp3) is 0.650. The summed E-state index contributed by atoms with van der Waals surface area (Å²) < 4.78 is 5.03. The number of aromatic hydroxyl groups is 1. The number of phenols is 1. The van der Waals surface area contributed by atoms with Crippen LogP contribution in [0.2, 0.25) is 0 Å². The molecule has 0 amide bonds. The lowest BCUT2D eigenvalue weighted by molar-refractivity contribution is -0.143. The van der Waals surface area contributed by atoms with Crippen molar-refractivity contribution in [2.24, 2.45) is 5.92 Å². The molecule has 2 aliphatic rings. The van der Waals surface area contributed by atoms with Gasteiger partial charge in [0.05, 0.1) is 6.61 Å². The second-order valence-corrected chi connectivity index (χ2v) is 7.51. The Balaban J connectivity index is 1.71. The molecule has 132 valence electrons. The van der Waals surface area contributed by atoms with Gasteiger partial charge in [-0.1, -0.05) is 19.9 Å². The molecule has 4 heteroatoms. The number of hydrogen-bond donors (Lipinski definition) is 1. The minimum Gasteiger partial charge on any atom is -0.508 e. The molecule has 3 rings (SSSR count). The van der Waals surface area contributed by atoms with Gasteiger partial charge in [0, 0.05) is 12.5 Å². The van der Waals surface area contributed by atoms with E-state index in [-0.39, 0.29) is 11.4 Å². The van der Waals surface area contributed by atoms with Gasteiger partial charge in [0.2, 0.25) is 0 Å². The van der Waals surface area contributed by atoms with Crippen molar-refractivity contribution in [3.63, 3.8) is 0 Å². The second kappa shape index (κ2) is 6.75. The molecule has 24 heavy (non-hydrogen) atoms. The molecule has 1 aromatic carbocycles. The van der Waals surface area contributed by atoms with E-state index in [0.717, 1.165) is 32.4 Å². The van der Waals surface area contributed by atoms with Crippen molar-refractivity contribution in [3.05, 3.63) is 29.3 Å². The summed E-state index contributed by atoms with van der Waals surface area (Å²) in [5.74, 6) is 0.831. The number of esters is 1. The van der Waals surface area contributed by atoms with Crippen LogP contribution in [0.4, 0.5) is 0 Å². The predicted molar refractivity (Wildman–Crippen MR) is 94.2 cm³/mol. The van der Waals surface area contributed by atoms with E-state index >= 15 is 0 Å². The molecule has 0 spiro atoms. The topological polar surface area (TPSA) is 49.8 Å². The third-order valence-electron chi connectivity index (χ3n) is 6.24. The van der Waals surface area contributed by atoms with Gasteiger partial charge in [-0.25, -0.2) is 0 Å². The summed E-state index contributed by atoms with van der Waals surface area (Å²) in [6.07, 6.45) is 3.50. The molecule has 0 aromatic heterocycles. The lowest BCUT2D eigenvalue weighted by Crippen LogP contribution is -2.58. The Hall–Kier alpha value is -1.55. The Kier molecular flexibility index (Phi) is 4.86. The molecule has 3 atom stereocenters. The van der Waals surface area contributed by atoms with Gasteiger partial charge in [0.15, 0.2) is 0 Å². The van der Waals surface area contributed by atoms with Crippen LogP contribution in [0.1, 0.15) is 51.2 Å². The molecule has 4 nitrogen and oxygen atoms in total. The molecule has 1 N–H and O–H groups in total. The highest BCUT2D eigenvalue weighted by atomic mass is 16.5. The minimum absolute atomic E-state index is 0.0862. The SMILES string of the molecule is CCOC(=O)CCCN1CC[C@]2(C)c3cc(O)ccc3CC1[C@@H]2C. The maximum Gasteiger partial charge on any atom is 0.305 e. The van der Waals surface area contributed by atoms with Crippen LogP contribution in [0, 0.1) is 5.92 Å². The largest absolute Gasteiger partial charge is 0.508 e. The highest BCUT2D eigenvalue weighted by molar-refractivity contribution is 5.69. The van der Waals surface area contributed by atoms with Crippen LogP contribution in [0.25, 0.3) is 0 Å². The standard InChI is InChI=1S/C20H29NO3/c1-4-24-19(23)6-5-10-21-11-9-20(3)14(2)18(21)12-15-7-8-16(22)13-17(15)20/h7-8,13-14,18,22H,4-6,9-12H2,1-3H3/t14-,18?,20-/m0/s1. The van der Waals surface area contributed by atoms with Crippen molar-refractivity contribution in [2.45, 2.75) is 57.9 Å². The third-order valence-corrected chi connectivity index (χ3v) is 6.24. The highest BCUT2D eigenvalue weighted by Crippen LogP contribution is 2.49. The van der Waals surface area contributed by atoms with Gasteiger partial charge in [-0.2, -0.15) is 0 Å². The molecular formula is C20H29NO3. The molecule has 2 bridgehead atoms.